The Morgan fingerprint density at radius 2 is 1.86 bits per heavy atom. The van der Waals surface area contributed by atoms with Crippen LogP contribution in [0.4, 0.5) is 10.1 Å². The molecule has 0 radical (unpaired) electrons. The van der Waals surface area contributed by atoms with Gasteiger partial charge >= 0.3 is 0 Å². The van der Waals surface area contributed by atoms with Crippen molar-refractivity contribution in [1.82, 2.24) is 4.98 Å². The average molecular weight is 431 g/mol. The number of Topliss-reactive ketones (excluding diaryl/α,β-unsaturated/α-hetero) is 1. The second kappa shape index (κ2) is 10.2. The number of thioether (sulfide) groups is 1. The number of anilines is 1. The zero-order valence-corrected chi connectivity index (χ0v) is 17.3. The van der Waals surface area contributed by atoms with Gasteiger partial charge in [0.2, 0.25) is 5.91 Å². The van der Waals surface area contributed by atoms with E-state index in [4.69, 9.17) is 4.74 Å². The molecule has 0 spiro atoms. The van der Waals surface area contributed by atoms with Crippen molar-refractivity contribution < 1.29 is 18.7 Å². The number of rotatable bonds is 9. The molecule has 0 aliphatic rings. The number of carbonyl (C=O) groups excluding carboxylic acids is 2. The highest BCUT2D eigenvalue weighted by Crippen LogP contribution is 2.24. The summed E-state index contributed by atoms with van der Waals surface area (Å²) in [4.78, 5) is 28.8. The first kappa shape index (κ1) is 21.0. The minimum atomic E-state index is -0.373. The van der Waals surface area contributed by atoms with Crippen LogP contribution in [0.3, 0.4) is 0 Å². The van der Waals surface area contributed by atoms with E-state index in [0.717, 1.165) is 5.75 Å². The molecule has 3 aromatic rings. The molecular weight excluding hydrogens is 411 g/mol. The van der Waals surface area contributed by atoms with Crippen molar-refractivity contribution in [2.75, 3.05) is 17.7 Å². The SMILES string of the molecule is CCOc1ccc(NC(=O)Cc2csc(SCC(=O)c3ccc(F)cc3)n2)cc1. The third kappa shape index (κ3) is 6.40. The Labute approximate surface area is 176 Å². The van der Waals surface area contributed by atoms with E-state index < -0.39 is 0 Å². The number of aromatic nitrogens is 1. The highest BCUT2D eigenvalue weighted by atomic mass is 32.2. The first-order chi connectivity index (χ1) is 14.0. The Balaban J connectivity index is 1.48. The second-order valence-electron chi connectivity index (χ2n) is 6.01. The lowest BCUT2D eigenvalue weighted by Crippen LogP contribution is -2.14. The van der Waals surface area contributed by atoms with E-state index in [9.17, 15) is 14.0 Å². The maximum absolute atomic E-state index is 12.9. The van der Waals surface area contributed by atoms with Gasteiger partial charge in [-0.15, -0.1) is 11.3 Å². The molecular formula is C21H19FN2O3S2. The average Bonchev–Trinajstić information content (AvgIpc) is 3.15. The fraction of sp³-hybridized carbons (Fsp3) is 0.190. The highest BCUT2D eigenvalue weighted by Gasteiger charge is 2.11. The maximum atomic E-state index is 12.9. The summed E-state index contributed by atoms with van der Waals surface area (Å²) in [5.74, 6) is 0.319. The zero-order valence-electron chi connectivity index (χ0n) is 15.7. The standard InChI is InChI=1S/C21H19FN2O3S2/c1-2-27-18-9-7-16(8-10-18)23-20(26)11-17-12-28-21(24-17)29-13-19(25)14-3-5-15(22)6-4-14/h3-10,12H,2,11,13H2,1H3,(H,23,26). The third-order valence-corrected chi connectivity index (χ3v) is 5.88. The molecule has 0 atom stereocenters. The molecule has 3 rings (SSSR count). The summed E-state index contributed by atoms with van der Waals surface area (Å²) in [6.07, 6.45) is 0.149. The molecule has 1 heterocycles. The summed E-state index contributed by atoms with van der Waals surface area (Å²) in [5.41, 5.74) is 1.80. The van der Waals surface area contributed by atoms with Gasteiger partial charge in [0.1, 0.15) is 11.6 Å². The molecule has 0 fully saturated rings. The molecule has 0 aliphatic heterocycles. The maximum Gasteiger partial charge on any atom is 0.230 e. The number of hydrogen-bond acceptors (Lipinski definition) is 6. The van der Waals surface area contributed by atoms with Crippen molar-refractivity contribution in [3.8, 4) is 5.75 Å². The predicted octanol–water partition coefficient (Wildman–Crippen LogP) is 4.84. The van der Waals surface area contributed by atoms with E-state index in [1.54, 1.807) is 24.3 Å². The number of halogens is 1. The predicted molar refractivity (Wildman–Crippen MR) is 114 cm³/mol. The van der Waals surface area contributed by atoms with Gasteiger partial charge in [0.05, 0.1) is 24.5 Å². The van der Waals surface area contributed by atoms with Gasteiger partial charge < -0.3 is 10.1 Å². The minimum Gasteiger partial charge on any atom is -0.494 e. The van der Waals surface area contributed by atoms with Gasteiger partial charge in [-0.05, 0) is 55.5 Å². The minimum absolute atomic E-state index is 0.0972. The number of nitrogens with zero attached hydrogens (tertiary/aromatic N) is 1. The van der Waals surface area contributed by atoms with Crippen LogP contribution in [-0.4, -0.2) is 29.0 Å². The highest BCUT2D eigenvalue weighted by molar-refractivity contribution is 8.01. The van der Waals surface area contributed by atoms with Crippen LogP contribution in [0.5, 0.6) is 5.75 Å². The number of carbonyl (C=O) groups is 2. The van der Waals surface area contributed by atoms with Gasteiger partial charge in [0.15, 0.2) is 10.1 Å². The van der Waals surface area contributed by atoms with Crippen molar-refractivity contribution in [2.45, 2.75) is 17.7 Å². The molecule has 1 N–H and O–H groups in total. The van der Waals surface area contributed by atoms with E-state index in [2.05, 4.69) is 10.3 Å². The molecule has 1 amide bonds. The summed E-state index contributed by atoms with van der Waals surface area (Å²) in [7, 11) is 0. The molecule has 1 aromatic heterocycles. The number of hydrogen-bond donors (Lipinski definition) is 1. The number of ketones is 1. The number of ether oxygens (including phenoxy) is 1. The van der Waals surface area contributed by atoms with Crippen molar-refractivity contribution >= 4 is 40.5 Å². The summed E-state index contributed by atoms with van der Waals surface area (Å²) in [6, 6.07) is 12.6. The zero-order chi connectivity index (χ0) is 20.6. The molecule has 5 nitrogen and oxygen atoms in total. The first-order valence-electron chi connectivity index (χ1n) is 8.92. The Bertz CT molecular complexity index is 972. The van der Waals surface area contributed by atoms with Gasteiger partial charge in [-0.3, -0.25) is 9.59 Å². The summed E-state index contributed by atoms with van der Waals surface area (Å²) < 4.78 is 19.0. The lowest BCUT2D eigenvalue weighted by Gasteiger charge is -2.06. The molecule has 0 bridgehead atoms. The van der Waals surface area contributed by atoms with Gasteiger partial charge in [-0.2, -0.15) is 0 Å². The van der Waals surface area contributed by atoms with Crippen molar-refractivity contribution in [3.63, 3.8) is 0 Å². The molecule has 0 unspecified atom stereocenters. The molecule has 0 aliphatic carbocycles. The summed E-state index contributed by atoms with van der Waals surface area (Å²) in [6.45, 7) is 2.50. The van der Waals surface area contributed by atoms with Crippen LogP contribution >= 0.6 is 23.1 Å². The van der Waals surface area contributed by atoms with Crippen LogP contribution in [0, 0.1) is 5.82 Å². The normalized spacial score (nSPS) is 10.6. The second-order valence-corrected chi connectivity index (χ2v) is 8.09. The van der Waals surface area contributed by atoms with Crippen LogP contribution in [0.2, 0.25) is 0 Å². The smallest absolute Gasteiger partial charge is 0.230 e. The van der Waals surface area contributed by atoms with Crippen LogP contribution in [0.25, 0.3) is 0 Å². The third-order valence-electron chi connectivity index (χ3n) is 3.81. The molecule has 0 saturated heterocycles. The van der Waals surface area contributed by atoms with Gasteiger partial charge in [0.25, 0.3) is 0 Å². The Morgan fingerprint density at radius 3 is 2.55 bits per heavy atom. The van der Waals surface area contributed by atoms with Crippen LogP contribution in [-0.2, 0) is 11.2 Å². The number of thiazole rings is 1. The molecule has 29 heavy (non-hydrogen) atoms. The lowest BCUT2D eigenvalue weighted by molar-refractivity contribution is -0.115. The number of benzene rings is 2. The van der Waals surface area contributed by atoms with Crippen LogP contribution in [0.15, 0.2) is 58.3 Å². The summed E-state index contributed by atoms with van der Waals surface area (Å²) in [5, 5.41) is 4.63. The van der Waals surface area contributed by atoms with E-state index in [-0.39, 0.29) is 29.7 Å². The van der Waals surface area contributed by atoms with Gasteiger partial charge in [-0.25, -0.2) is 9.37 Å². The van der Waals surface area contributed by atoms with Crippen LogP contribution in [0.1, 0.15) is 23.0 Å². The summed E-state index contributed by atoms with van der Waals surface area (Å²) >= 11 is 2.69. The fourth-order valence-corrected chi connectivity index (χ4v) is 4.19. The topological polar surface area (TPSA) is 68.3 Å². The number of amides is 1. The molecule has 8 heteroatoms. The van der Waals surface area contributed by atoms with Gasteiger partial charge in [0, 0.05) is 16.6 Å². The monoisotopic (exact) mass is 430 g/mol. The fourth-order valence-electron chi connectivity index (χ4n) is 2.45. The largest absolute Gasteiger partial charge is 0.494 e. The Morgan fingerprint density at radius 1 is 1.14 bits per heavy atom. The van der Waals surface area contributed by atoms with E-state index in [1.165, 1.54) is 47.4 Å². The Hall–Kier alpha value is -2.71. The van der Waals surface area contributed by atoms with Gasteiger partial charge in [-0.1, -0.05) is 11.8 Å². The number of nitrogens with one attached hydrogen (secondary N) is 1. The quantitative estimate of drug-likeness (QED) is 0.389. The first-order valence-corrected chi connectivity index (χ1v) is 10.8. The molecule has 150 valence electrons. The van der Waals surface area contributed by atoms with Crippen molar-refractivity contribution in [3.05, 3.63) is 71.0 Å². The molecule has 0 saturated carbocycles. The molecule has 2 aromatic carbocycles. The van der Waals surface area contributed by atoms with E-state index >= 15 is 0 Å². The van der Waals surface area contributed by atoms with E-state index in [1.807, 2.05) is 12.3 Å². The van der Waals surface area contributed by atoms with Crippen molar-refractivity contribution in [1.29, 1.82) is 0 Å². The Kier molecular flexibility index (Phi) is 7.37. The van der Waals surface area contributed by atoms with Crippen LogP contribution < -0.4 is 10.1 Å². The van der Waals surface area contributed by atoms with E-state index in [0.29, 0.717) is 27.9 Å². The van der Waals surface area contributed by atoms with Crippen molar-refractivity contribution in [2.24, 2.45) is 0 Å². The lowest BCUT2D eigenvalue weighted by atomic mass is 10.1.